The van der Waals surface area contributed by atoms with Crippen LogP contribution >= 0.6 is 11.6 Å². The summed E-state index contributed by atoms with van der Waals surface area (Å²) in [5, 5.41) is 2.21. The van der Waals surface area contributed by atoms with Gasteiger partial charge in [-0.05, 0) is 36.8 Å². The van der Waals surface area contributed by atoms with Crippen LogP contribution in [0.25, 0.3) is 0 Å². The lowest BCUT2D eigenvalue weighted by Gasteiger charge is -2.15. The molecular weight excluding hydrogens is 374 g/mol. The largest absolute Gasteiger partial charge is 0.322 e. The van der Waals surface area contributed by atoms with Crippen molar-refractivity contribution in [3.05, 3.63) is 58.1 Å². The Kier molecular flexibility index (Phi) is 5.46. The second kappa shape index (κ2) is 7.07. The molecule has 5 nitrogen and oxygen atoms in total. The fraction of sp³-hybridized carbons (Fsp3) is 0.188. The van der Waals surface area contributed by atoms with E-state index in [0.717, 1.165) is 4.31 Å². The quantitative estimate of drug-likeness (QED) is 0.816. The number of anilines is 1. The number of sulfonamides is 1. The van der Waals surface area contributed by atoms with Crippen LogP contribution in [-0.2, 0) is 10.0 Å². The lowest BCUT2D eigenvalue weighted by atomic mass is 10.1. The molecule has 1 amide bonds. The fourth-order valence-electron chi connectivity index (χ4n) is 1.99. The second-order valence-electron chi connectivity index (χ2n) is 5.46. The molecule has 2 aromatic rings. The van der Waals surface area contributed by atoms with Crippen LogP contribution in [0.1, 0.15) is 15.9 Å². The predicted molar refractivity (Wildman–Crippen MR) is 91.4 cm³/mol. The van der Waals surface area contributed by atoms with Gasteiger partial charge in [-0.1, -0.05) is 17.7 Å². The van der Waals surface area contributed by atoms with Gasteiger partial charge in [0, 0.05) is 19.8 Å². The van der Waals surface area contributed by atoms with Crippen molar-refractivity contribution in [3.8, 4) is 0 Å². The zero-order chi connectivity index (χ0) is 18.9. The number of carbonyl (C=O) groups excluding carboxylic acids is 1. The highest BCUT2D eigenvalue weighted by atomic mass is 35.5. The highest BCUT2D eigenvalue weighted by molar-refractivity contribution is 7.89. The minimum atomic E-state index is -3.69. The Balaban J connectivity index is 2.41. The van der Waals surface area contributed by atoms with E-state index < -0.39 is 27.6 Å². The van der Waals surface area contributed by atoms with Crippen molar-refractivity contribution in [1.82, 2.24) is 4.31 Å². The standard InChI is InChI=1S/C16H15ClF2N2O3S/c1-9-4-5-10(25(23,24)21(2)3)6-15(9)20-16(22)11-7-13(18)14(19)8-12(11)17/h4-8H,1-3H3,(H,20,22). The predicted octanol–water partition coefficient (Wildman–Crippen LogP) is 3.43. The first-order valence-electron chi connectivity index (χ1n) is 7.03. The summed E-state index contributed by atoms with van der Waals surface area (Å²) in [5.74, 6) is -3.17. The van der Waals surface area contributed by atoms with Crippen molar-refractivity contribution < 1.29 is 22.0 Å². The molecule has 0 saturated carbocycles. The third-order valence-electron chi connectivity index (χ3n) is 3.49. The van der Waals surface area contributed by atoms with E-state index in [1.54, 1.807) is 6.92 Å². The molecule has 0 bridgehead atoms. The minimum absolute atomic E-state index is 0.0187. The number of amides is 1. The summed E-state index contributed by atoms with van der Waals surface area (Å²) in [6.07, 6.45) is 0. The van der Waals surface area contributed by atoms with Crippen molar-refractivity contribution in [1.29, 1.82) is 0 Å². The highest BCUT2D eigenvalue weighted by Gasteiger charge is 2.20. The molecule has 0 aromatic heterocycles. The Morgan fingerprint density at radius 3 is 2.32 bits per heavy atom. The molecule has 0 aliphatic carbocycles. The van der Waals surface area contributed by atoms with E-state index in [4.69, 9.17) is 11.6 Å². The third kappa shape index (κ3) is 3.97. The summed E-state index contributed by atoms with van der Waals surface area (Å²) in [5.41, 5.74) is 0.541. The summed E-state index contributed by atoms with van der Waals surface area (Å²) in [6.45, 7) is 1.66. The highest BCUT2D eigenvalue weighted by Crippen LogP contribution is 2.25. The zero-order valence-electron chi connectivity index (χ0n) is 13.6. The number of carbonyl (C=O) groups is 1. The molecule has 0 aliphatic rings. The molecule has 0 unspecified atom stereocenters. The molecule has 9 heteroatoms. The Bertz CT molecular complexity index is 947. The Morgan fingerprint density at radius 1 is 1.12 bits per heavy atom. The Morgan fingerprint density at radius 2 is 1.72 bits per heavy atom. The molecule has 0 radical (unpaired) electrons. The Labute approximate surface area is 149 Å². The molecular formula is C16H15ClF2N2O3S. The number of nitrogens with one attached hydrogen (secondary N) is 1. The SMILES string of the molecule is Cc1ccc(S(=O)(=O)N(C)C)cc1NC(=O)c1cc(F)c(F)cc1Cl. The molecule has 2 rings (SSSR count). The number of hydrogen-bond acceptors (Lipinski definition) is 3. The van der Waals surface area contributed by atoms with E-state index in [-0.39, 0.29) is 21.2 Å². The van der Waals surface area contributed by atoms with E-state index >= 15 is 0 Å². The van der Waals surface area contributed by atoms with Gasteiger partial charge in [0.1, 0.15) is 0 Å². The Hall–Kier alpha value is -2.03. The first-order chi connectivity index (χ1) is 11.5. The van der Waals surface area contributed by atoms with Gasteiger partial charge in [-0.3, -0.25) is 4.79 Å². The van der Waals surface area contributed by atoms with Crippen molar-refractivity contribution in [2.75, 3.05) is 19.4 Å². The zero-order valence-corrected chi connectivity index (χ0v) is 15.2. The van der Waals surface area contributed by atoms with Gasteiger partial charge in [0.15, 0.2) is 11.6 Å². The van der Waals surface area contributed by atoms with Crippen molar-refractivity contribution in [2.45, 2.75) is 11.8 Å². The van der Waals surface area contributed by atoms with Gasteiger partial charge in [-0.15, -0.1) is 0 Å². The maximum atomic E-state index is 13.3. The third-order valence-corrected chi connectivity index (χ3v) is 5.61. The summed E-state index contributed by atoms with van der Waals surface area (Å²) in [6, 6.07) is 5.61. The van der Waals surface area contributed by atoms with Gasteiger partial charge in [-0.2, -0.15) is 0 Å². The number of benzene rings is 2. The molecule has 0 spiro atoms. The van der Waals surface area contributed by atoms with Crippen LogP contribution in [0.2, 0.25) is 5.02 Å². The maximum absolute atomic E-state index is 13.3. The van der Waals surface area contributed by atoms with E-state index in [1.165, 1.54) is 32.3 Å². The second-order valence-corrected chi connectivity index (χ2v) is 8.02. The van der Waals surface area contributed by atoms with Crippen LogP contribution in [0.3, 0.4) is 0 Å². The number of aryl methyl sites for hydroxylation is 1. The molecule has 0 atom stereocenters. The summed E-state index contributed by atoms with van der Waals surface area (Å²) in [7, 11) is -0.924. The molecule has 0 fully saturated rings. The normalized spacial score (nSPS) is 11.6. The van der Waals surface area contributed by atoms with Gasteiger partial charge >= 0.3 is 0 Å². The average Bonchev–Trinajstić information content (AvgIpc) is 2.52. The first kappa shape index (κ1) is 19.3. The van der Waals surface area contributed by atoms with Crippen LogP contribution in [0, 0.1) is 18.6 Å². The van der Waals surface area contributed by atoms with Crippen LogP contribution in [-0.4, -0.2) is 32.7 Å². The topological polar surface area (TPSA) is 66.5 Å². The van der Waals surface area contributed by atoms with Gasteiger partial charge < -0.3 is 5.32 Å². The van der Waals surface area contributed by atoms with Gasteiger partial charge in [-0.25, -0.2) is 21.5 Å². The first-order valence-corrected chi connectivity index (χ1v) is 8.85. The number of nitrogens with zero attached hydrogens (tertiary/aromatic N) is 1. The van der Waals surface area contributed by atoms with E-state index in [2.05, 4.69) is 5.32 Å². The summed E-state index contributed by atoms with van der Waals surface area (Å²) in [4.78, 5) is 12.3. The van der Waals surface area contributed by atoms with E-state index in [9.17, 15) is 22.0 Å². The average molecular weight is 389 g/mol. The van der Waals surface area contributed by atoms with Crippen molar-refractivity contribution in [3.63, 3.8) is 0 Å². The number of halogens is 3. The van der Waals surface area contributed by atoms with Gasteiger partial charge in [0.2, 0.25) is 10.0 Å². The minimum Gasteiger partial charge on any atom is -0.322 e. The van der Waals surface area contributed by atoms with Crippen molar-refractivity contribution in [2.24, 2.45) is 0 Å². The monoisotopic (exact) mass is 388 g/mol. The number of hydrogen-bond donors (Lipinski definition) is 1. The molecule has 0 saturated heterocycles. The lowest BCUT2D eigenvalue weighted by Crippen LogP contribution is -2.22. The molecule has 25 heavy (non-hydrogen) atoms. The summed E-state index contributed by atoms with van der Waals surface area (Å²) < 4.78 is 51.9. The maximum Gasteiger partial charge on any atom is 0.257 e. The number of rotatable bonds is 4. The molecule has 1 N–H and O–H groups in total. The van der Waals surface area contributed by atoms with E-state index in [0.29, 0.717) is 17.7 Å². The summed E-state index contributed by atoms with van der Waals surface area (Å²) >= 11 is 5.78. The van der Waals surface area contributed by atoms with Gasteiger partial charge in [0.25, 0.3) is 5.91 Å². The lowest BCUT2D eigenvalue weighted by molar-refractivity contribution is 0.102. The molecule has 0 aliphatic heterocycles. The van der Waals surface area contributed by atoms with E-state index in [1.807, 2.05) is 0 Å². The fourth-order valence-corrected chi connectivity index (χ4v) is 3.16. The van der Waals surface area contributed by atoms with Crippen LogP contribution in [0.15, 0.2) is 35.2 Å². The van der Waals surface area contributed by atoms with Crippen molar-refractivity contribution >= 4 is 33.2 Å². The smallest absolute Gasteiger partial charge is 0.257 e. The molecule has 134 valence electrons. The molecule has 2 aromatic carbocycles. The molecule has 0 heterocycles. The van der Waals surface area contributed by atoms with Gasteiger partial charge in [0.05, 0.1) is 15.5 Å². The van der Waals surface area contributed by atoms with Crippen LogP contribution in [0.4, 0.5) is 14.5 Å². The van der Waals surface area contributed by atoms with Crippen LogP contribution in [0.5, 0.6) is 0 Å². The van der Waals surface area contributed by atoms with Crippen LogP contribution < -0.4 is 5.32 Å².